The summed E-state index contributed by atoms with van der Waals surface area (Å²) in [5.41, 5.74) is 16.8. The summed E-state index contributed by atoms with van der Waals surface area (Å²) in [6.07, 6.45) is 2.79. The predicted octanol–water partition coefficient (Wildman–Crippen LogP) is 13.4. The van der Waals surface area contributed by atoms with Crippen LogP contribution < -0.4 is 4.90 Å². The van der Waals surface area contributed by atoms with Gasteiger partial charge in [-0.05, 0) is 99.6 Å². The highest BCUT2D eigenvalue weighted by atomic mass is 32.1. The van der Waals surface area contributed by atoms with Gasteiger partial charge in [0.15, 0.2) is 5.82 Å². The first-order valence-corrected chi connectivity index (χ1v) is 20.7. The normalized spacial score (nSPS) is 13.3. The van der Waals surface area contributed by atoms with Crippen molar-refractivity contribution in [2.45, 2.75) is 18.8 Å². The minimum atomic E-state index is -0.361. The molecule has 6 heteroatoms. The zero-order chi connectivity index (χ0) is 37.2. The van der Waals surface area contributed by atoms with Gasteiger partial charge in [-0.1, -0.05) is 110 Å². The van der Waals surface area contributed by atoms with Gasteiger partial charge in [-0.3, -0.25) is 4.98 Å². The van der Waals surface area contributed by atoms with Gasteiger partial charge in [-0.2, -0.15) is 0 Å². The Bertz CT molecular complexity index is 2850. The van der Waals surface area contributed by atoms with E-state index in [0.717, 1.165) is 51.4 Å². The molecule has 1 aliphatic heterocycles. The summed E-state index contributed by atoms with van der Waals surface area (Å²) in [4.78, 5) is 20.1. The van der Waals surface area contributed by atoms with Crippen molar-refractivity contribution in [2.24, 2.45) is 0 Å². The summed E-state index contributed by atoms with van der Waals surface area (Å²) < 4.78 is 0. The quantitative estimate of drug-likeness (QED) is 0.170. The van der Waals surface area contributed by atoms with Gasteiger partial charge in [0.05, 0.1) is 33.9 Å². The van der Waals surface area contributed by atoms with Gasteiger partial charge in [0, 0.05) is 43.9 Å². The second kappa shape index (κ2) is 13.1. The maximum absolute atomic E-state index is 5.18. The average molecular weight is 755 g/mol. The fraction of sp³-hybridized carbons (Fsp3) is 0.0600. The van der Waals surface area contributed by atoms with Gasteiger partial charge >= 0.3 is 0 Å². The number of rotatable bonds is 6. The molecular formula is C50H34N4S2. The van der Waals surface area contributed by atoms with Gasteiger partial charge in [0.25, 0.3) is 0 Å². The van der Waals surface area contributed by atoms with Gasteiger partial charge in [0.2, 0.25) is 0 Å². The SMILES string of the molecule is CCc1ccc2c(c1)N(c1ccc(-c3cc(-c4ccccc4)nc(-c4ccc(-c5ccccn5)cc4)n3)cc1)c1ccccc1C21c2ccsc2-c2sccc21. The second-order valence-corrected chi connectivity index (χ2v) is 16.1. The topological polar surface area (TPSA) is 41.9 Å². The van der Waals surface area contributed by atoms with E-state index in [1.165, 1.54) is 48.9 Å². The Labute approximate surface area is 334 Å². The van der Waals surface area contributed by atoms with E-state index in [-0.39, 0.29) is 5.41 Å². The summed E-state index contributed by atoms with van der Waals surface area (Å²) in [7, 11) is 0. The molecule has 0 radical (unpaired) electrons. The Morgan fingerprint density at radius 3 is 1.80 bits per heavy atom. The third-order valence-corrected chi connectivity index (χ3v) is 13.3. The summed E-state index contributed by atoms with van der Waals surface area (Å²) in [5.74, 6) is 0.687. The van der Waals surface area contributed by atoms with Crippen molar-refractivity contribution in [3.63, 3.8) is 0 Å². The molecule has 0 saturated carbocycles. The van der Waals surface area contributed by atoms with Gasteiger partial charge < -0.3 is 4.90 Å². The highest BCUT2D eigenvalue weighted by Crippen LogP contribution is 2.65. The molecule has 0 unspecified atom stereocenters. The first-order chi connectivity index (χ1) is 27.7. The standard InChI is InChI=1S/C50H34N4S2/c1-2-32-15-24-39-46(30-32)54(45-14-7-6-12-38(45)50(39)40-25-28-55-47(40)48-41(50)26-29-56-48)37-22-20-35(21-23-37)44-31-43(33-10-4-3-5-11-33)52-49(53-44)36-18-16-34(17-19-36)42-13-8-9-27-51-42/h3-31H,2H2,1H3. The fourth-order valence-electron chi connectivity index (χ4n) is 8.71. The maximum atomic E-state index is 5.18. The Kier molecular flexibility index (Phi) is 7.69. The van der Waals surface area contributed by atoms with Gasteiger partial charge in [0.1, 0.15) is 0 Å². The number of anilines is 3. The summed E-state index contributed by atoms with van der Waals surface area (Å²) >= 11 is 3.73. The van der Waals surface area contributed by atoms with Crippen LogP contribution in [-0.2, 0) is 11.8 Å². The smallest absolute Gasteiger partial charge is 0.160 e. The van der Waals surface area contributed by atoms with E-state index in [4.69, 9.17) is 9.97 Å². The number of aromatic nitrogens is 3. The Morgan fingerprint density at radius 2 is 1.11 bits per heavy atom. The molecule has 56 heavy (non-hydrogen) atoms. The fourth-order valence-corrected chi connectivity index (χ4v) is 10.8. The molecule has 11 rings (SSSR count). The monoisotopic (exact) mass is 754 g/mol. The lowest BCUT2D eigenvalue weighted by Crippen LogP contribution is -2.35. The van der Waals surface area contributed by atoms with E-state index in [2.05, 4.69) is 161 Å². The van der Waals surface area contributed by atoms with Crippen LogP contribution in [-0.4, -0.2) is 15.0 Å². The molecule has 5 aromatic carbocycles. The lowest BCUT2D eigenvalue weighted by molar-refractivity contribution is 0.755. The lowest BCUT2D eigenvalue weighted by atomic mass is 9.65. The number of aryl methyl sites for hydroxylation is 1. The van der Waals surface area contributed by atoms with E-state index in [0.29, 0.717) is 5.82 Å². The van der Waals surface area contributed by atoms with Crippen molar-refractivity contribution in [1.82, 2.24) is 15.0 Å². The van der Waals surface area contributed by atoms with E-state index in [1.54, 1.807) is 0 Å². The largest absolute Gasteiger partial charge is 0.310 e. The van der Waals surface area contributed by atoms with Crippen LogP contribution >= 0.6 is 22.7 Å². The molecule has 9 aromatic rings. The number of nitrogens with zero attached hydrogens (tertiary/aromatic N) is 4. The highest BCUT2D eigenvalue weighted by Gasteiger charge is 2.52. The first kappa shape index (κ1) is 32.9. The van der Waals surface area contributed by atoms with E-state index < -0.39 is 0 Å². The van der Waals surface area contributed by atoms with Crippen LogP contribution in [0.5, 0.6) is 0 Å². The number of thiophene rings is 2. The zero-order valence-corrected chi connectivity index (χ0v) is 32.2. The third kappa shape index (κ3) is 5.00. The van der Waals surface area contributed by atoms with Gasteiger partial charge in [-0.25, -0.2) is 9.97 Å². The van der Waals surface area contributed by atoms with Crippen molar-refractivity contribution in [3.05, 3.63) is 202 Å². The molecule has 1 aliphatic carbocycles. The average Bonchev–Trinajstić information content (AvgIpc) is 4.01. The lowest BCUT2D eigenvalue weighted by Gasteiger charge is -2.44. The number of hydrogen-bond acceptors (Lipinski definition) is 6. The first-order valence-electron chi connectivity index (χ1n) is 19.0. The summed E-state index contributed by atoms with van der Waals surface area (Å²) in [6, 6.07) is 56.6. The van der Waals surface area contributed by atoms with Crippen LogP contribution in [0.2, 0.25) is 0 Å². The Morgan fingerprint density at radius 1 is 0.500 bits per heavy atom. The molecule has 0 saturated heterocycles. The predicted molar refractivity (Wildman–Crippen MR) is 232 cm³/mol. The van der Waals surface area contributed by atoms with E-state index in [1.807, 2.05) is 53.1 Å². The molecule has 2 aliphatic rings. The van der Waals surface area contributed by atoms with E-state index in [9.17, 15) is 0 Å². The summed E-state index contributed by atoms with van der Waals surface area (Å²) in [6.45, 7) is 2.24. The summed E-state index contributed by atoms with van der Waals surface area (Å²) in [5, 5.41) is 4.53. The zero-order valence-electron chi connectivity index (χ0n) is 30.6. The Hall–Kier alpha value is -6.47. The minimum Gasteiger partial charge on any atom is -0.310 e. The number of pyridine rings is 1. The molecule has 0 amide bonds. The van der Waals surface area contributed by atoms with Crippen LogP contribution in [0, 0.1) is 0 Å². The number of para-hydroxylation sites is 1. The minimum absolute atomic E-state index is 0.361. The maximum Gasteiger partial charge on any atom is 0.160 e. The van der Waals surface area contributed by atoms with Crippen molar-refractivity contribution in [3.8, 4) is 54.9 Å². The molecule has 0 N–H and O–H groups in total. The van der Waals surface area contributed by atoms with Crippen LogP contribution in [0.15, 0.2) is 175 Å². The molecule has 266 valence electrons. The van der Waals surface area contributed by atoms with Crippen molar-refractivity contribution < 1.29 is 0 Å². The molecular weight excluding hydrogens is 721 g/mol. The molecule has 0 bridgehead atoms. The molecule has 0 atom stereocenters. The van der Waals surface area contributed by atoms with Gasteiger partial charge in [-0.15, -0.1) is 22.7 Å². The number of benzene rings is 5. The number of fused-ring (bicyclic) bond motifs is 9. The molecule has 4 aromatic heterocycles. The molecule has 0 fully saturated rings. The van der Waals surface area contributed by atoms with Crippen LogP contribution in [0.25, 0.3) is 54.9 Å². The van der Waals surface area contributed by atoms with Crippen molar-refractivity contribution in [2.75, 3.05) is 4.90 Å². The Balaban J connectivity index is 1.04. The molecule has 4 nitrogen and oxygen atoms in total. The van der Waals surface area contributed by atoms with Crippen LogP contribution in [0.1, 0.15) is 34.7 Å². The molecule has 5 heterocycles. The van der Waals surface area contributed by atoms with Crippen LogP contribution in [0.3, 0.4) is 0 Å². The van der Waals surface area contributed by atoms with E-state index >= 15 is 0 Å². The van der Waals surface area contributed by atoms with Crippen molar-refractivity contribution in [1.29, 1.82) is 0 Å². The highest BCUT2D eigenvalue weighted by molar-refractivity contribution is 7.21. The van der Waals surface area contributed by atoms with Crippen LogP contribution in [0.4, 0.5) is 17.1 Å². The van der Waals surface area contributed by atoms with Crippen molar-refractivity contribution >= 4 is 39.7 Å². The third-order valence-electron chi connectivity index (χ3n) is 11.3. The molecule has 1 spiro atoms. The second-order valence-electron chi connectivity index (χ2n) is 14.3. The number of hydrogen-bond donors (Lipinski definition) is 0.